The summed E-state index contributed by atoms with van der Waals surface area (Å²) in [7, 11) is 0. The highest BCUT2D eigenvalue weighted by molar-refractivity contribution is 5.47. The van der Waals surface area contributed by atoms with Crippen LogP contribution in [0.1, 0.15) is 32.1 Å². The highest BCUT2D eigenvalue weighted by Crippen LogP contribution is 2.23. The molecule has 1 aliphatic heterocycles. The molecule has 0 spiro atoms. The van der Waals surface area contributed by atoms with Crippen molar-refractivity contribution >= 4 is 11.6 Å². The van der Waals surface area contributed by atoms with Gasteiger partial charge in [0.05, 0.1) is 0 Å². The van der Waals surface area contributed by atoms with Crippen LogP contribution in [0, 0.1) is 5.92 Å². The summed E-state index contributed by atoms with van der Waals surface area (Å²) in [6, 6.07) is 2.64. The lowest BCUT2D eigenvalue weighted by molar-refractivity contribution is 0.389. The first-order valence-corrected chi connectivity index (χ1v) is 7.43. The average molecular weight is 261 g/mol. The molecule has 3 rings (SSSR count). The van der Waals surface area contributed by atoms with E-state index >= 15 is 0 Å². The Bertz CT molecular complexity index is 399. The van der Waals surface area contributed by atoms with Crippen LogP contribution in [0.25, 0.3) is 0 Å². The van der Waals surface area contributed by atoms with Crippen LogP contribution in [0.5, 0.6) is 0 Å². The van der Waals surface area contributed by atoms with E-state index in [-0.39, 0.29) is 0 Å². The van der Waals surface area contributed by atoms with Gasteiger partial charge in [0.15, 0.2) is 0 Å². The summed E-state index contributed by atoms with van der Waals surface area (Å²) in [5.74, 6) is 2.65. The molecule has 0 radical (unpaired) electrons. The molecule has 1 saturated carbocycles. The molecule has 0 aromatic carbocycles. The molecule has 2 heterocycles. The van der Waals surface area contributed by atoms with Crippen molar-refractivity contribution in [2.24, 2.45) is 5.92 Å². The molecule has 2 aliphatic rings. The zero-order valence-electron chi connectivity index (χ0n) is 11.4. The van der Waals surface area contributed by atoms with E-state index in [0.29, 0.717) is 6.04 Å². The summed E-state index contributed by atoms with van der Waals surface area (Å²) in [6.45, 7) is 3.30. The molecular weight excluding hydrogens is 238 g/mol. The topological polar surface area (TPSA) is 61.9 Å². The minimum absolute atomic E-state index is 0.618. The molecule has 0 amide bonds. The van der Waals surface area contributed by atoms with Gasteiger partial charge in [0.1, 0.15) is 18.0 Å². The van der Waals surface area contributed by atoms with Gasteiger partial charge in [-0.1, -0.05) is 0 Å². The highest BCUT2D eigenvalue weighted by atomic mass is 15.1. The van der Waals surface area contributed by atoms with Gasteiger partial charge in [0, 0.05) is 18.7 Å². The molecule has 1 aromatic heterocycles. The van der Waals surface area contributed by atoms with Crippen molar-refractivity contribution in [3.05, 3.63) is 12.4 Å². The van der Waals surface area contributed by atoms with Crippen LogP contribution in [0.2, 0.25) is 0 Å². The monoisotopic (exact) mass is 261 g/mol. The van der Waals surface area contributed by atoms with Gasteiger partial charge in [-0.15, -0.1) is 0 Å². The second-order valence-electron chi connectivity index (χ2n) is 5.63. The van der Waals surface area contributed by atoms with Crippen molar-refractivity contribution in [2.75, 3.05) is 30.3 Å². The summed E-state index contributed by atoms with van der Waals surface area (Å²) in [4.78, 5) is 8.58. The number of hydrogen-bond donors (Lipinski definition) is 3. The lowest BCUT2D eigenvalue weighted by Gasteiger charge is -2.27. The standard InChI is InChI=1S/C14H23N5/c1-2-12(3-1)19-14-8-13(17-10-18-14)16-9-11-4-6-15-7-5-11/h8,10-12,15H,1-7,9H2,(H2,16,17,18,19). The van der Waals surface area contributed by atoms with Crippen molar-refractivity contribution in [2.45, 2.75) is 38.1 Å². The number of anilines is 2. The summed E-state index contributed by atoms with van der Waals surface area (Å²) in [5, 5.41) is 10.3. The molecule has 0 atom stereocenters. The fraction of sp³-hybridized carbons (Fsp3) is 0.714. The Balaban J connectivity index is 1.50. The van der Waals surface area contributed by atoms with Gasteiger partial charge in [-0.3, -0.25) is 0 Å². The maximum Gasteiger partial charge on any atom is 0.131 e. The van der Waals surface area contributed by atoms with Crippen LogP contribution in [0.15, 0.2) is 12.4 Å². The van der Waals surface area contributed by atoms with E-state index in [2.05, 4.69) is 25.9 Å². The summed E-state index contributed by atoms with van der Waals surface area (Å²) in [6.07, 6.45) is 8.02. The molecule has 1 saturated heterocycles. The predicted molar refractivity (Wildman–Crippen MR) is 77.4 cm³/mol. The Morgan fingerprint density at radius 1 is 1.11 bits per heavy atom. The summed E-state index contributed by atoms with van der Waals surface area (Å²) >= 11 is 0. The zero-order chi connectivity index (χ0) is 12.9. The fourth-order valence-corrected chi connectivity index (χ4v) is 2.63. The number of nitrogens with one attached hydrogen (secondary N) is 3. The van der Waals surface area contributed by atoms with Crippen molar-refractivity contribution < 1.29 is 0 Å². The molecule has 0 bridgehead atoms. The van der Waals surface area contributed by atoms with E-state index in [1.165, 1.54) is 32.1 Å². The van der Waals surface area contributed by atoms with Crippen LogP contribution in [0.3, 0.4) is 0 Å². The second kappa shape index (κ2) is 6.19. The molecule has 0 unspecified atom stereocenters. The van der Waals surface area contributed by atoms with Crippen LogP contribution in [-0.2, 0) is 0 Å². The SMILES string of the molecule is c1nc(NCC2CCNCC2)cc(NC2CCC2)n1. The smallest absolute Gasteiger partial charge is 0.131 e. The molecule has 5 nitrogen and oxygen atoms in total. The maximum atomic E-state index is 4.30. The van der Waals surface area contributed by atoms with Crippen LogP contribution >= 0.6 is 0 Å². The summed E-state index contributed by atoms with van der Waals surface area (Å²) in [5.41, 5.74) is 0. The number of piperidine rings is 1. The van der Waals surface area contributed by atoms with Gasteiger partial charge in [0.2, 0.25) is 0 Å². The first-order valence-electron chi connectivity index (χ1n) is 7.43. The highest BCUT2D eigenvalue weighted by Gasteiger charge is 2.17. The molecule has 104 valence electrons. The van der Waals surface area contributed by atoms with Gasteiger partial charge >= 0.3 is 0 Å². The summed E-state index contributed by atoms with van der Waals surface area (Å²) < 4.78 is 0. The largest absolute Gasteiger partial charge is 0.370 e. The third kappa shape index (κ3) is 3.56. The zero-order valence-corrected chi connectivity index (χ0v) is 11.4. The van der Waals surface area contributed by atoms with Crippen molar-refractivity contribution in [3.8, 4) is 0 Å². The van der Waals surface area contributed by atoms with E-state index in [4.69, 9.17) is 0 Å². The Hall–Kier alpha value is -1.36. The van der Waals surface area contributed by atoms with Crippen molar-refractivity contribution in [1.82, 2.24) is 15.3 Å². The van der Waals surface area contributed by atoms with E-state index in [1.807, 2.05) is 6.07 Å². The molecule has 2 fully saturated rings. The van der Waals surface area contributed by atoms with Gasteiger partial charge in [-0.25, -0.2) is 9.97 Å². The molecule has 19 heavy (non-hydrogen) atoms. The first-order chi connectivity index (χ1) is 9.40. The van der Waals surface area contributed by atoms with Crippen molar-refractivity contribution in [1.29, 1.82) is 0 Å². The quantitative estimate of drug-likeness (QED) is 0.755. The van der Waals surface area contributed by atoms with E-state index in [0.717, 1.165) is 37.2 Å². The molecular formula is C14H23N5. The number of hydrogen-bond acceptors (Lipinski definition) is 5. The minimum Gasteiger partial charge on any atom is -0.370 e. The molecule has 5 heteroatoms. The number of rotatable bonds is 5. The lowest BCUT2D eigenvalue weighted by Crippen LogP contribution is -2.31. The van der Waals surface area contributed by atoms with Crippen LogP contribution in [-0.4, -0.2) is 35.6 Å². The normalized spacial score (nSPS) is 20.8. The van der Waals surface area contributed by atoms with E-state index in [1.54, 1.807) is 6.33 Å². The van der Waals surface area contributed by atoms with Gasteiger partial charge in [-0.05, 0) is 51.1 Å². The van der Waals surface area contributed by atoms with Gasteiger partial charge in [-0.2, -0.15) is 0 Å². The molecule has 3 N–H and O–H groups in total. The Morgan fingerprint density at radius 3 is 2.63 bits per heavy atom. The van der Waals surface area contributed by atoms with Crippen molar-refractivity contribution in [3.63, 3.8) is 0 Å². The van der Waals surface area contributed by atoms with Crippen LogP contribution < -0.4 is 16.0 Å². The molecule has 1 aromatic rings. The number of aromatic nitrogens is 2. The number of nitrogens with zero attached hydrogens (tertiary/aromatic N) is 2. The molecule has 1 aliphatic carbocycles. The third-order valence-corrected chi connectivity index (χ3v) is 4.15. The fourth-order valence-electron chi connectivity index (χ4n) is 2.63. The first kappa shape index (κ1) is 12.7. The average Bonchev–Trinajstić information content (AvgIpc) is 2.42. The maximum absolute atomic E-state index is 4.30. The third-order valence-electron chi connectivity index (χ3n) is 4.15. The van der Waals surface area contributed by atoms with E-state index < -0.39 is 0 Å². The van der Waals surface area contributed by atoms with E-state index in [9.17, 15) is 0 Å². The second-order valence-corrected chi connectivity index (χ2v) is 5.63. The minimum atomic E-state index is 0.618. The Morgan fingerprint density at radius 2 is 1.89 bits per heavy atom. The Labute approximate surface area is 114 Å². The predicted octanol–water partition coefficient (Wildman–Crippen LogP) is 1.85. The van der Waals surface area contributed by atoms with Gasteiger partial charge in [0.25, 0.3) is 0 Å². The lowest BCUT2D eigenvalue weighted by atomic mass is 9.93. The van der Waals surface area contributed by atoms with Gasteiger partial charge < -0.3 is 16.0 Å². The Kier molecular flexibility index (Phi) is 4.13. The van der Waals surface area contributed by atoms with Crippen LogP contribution in [0.4, 0.5) is 11.6 Å².